The predicted octanol–water partition coefficient (Wildman–Crippen LogP) is 4.34. The molecule has 1 fully saturated rings. The van der Waals surface area contributed by atoms with Gasteiger partial charge < -0.3 is 20.1 Å². The number of thiocarbonyl (C=S) groups is 1. The van der Waals surface area contributed by atoms with E-state index in [1.807, 2.05) is 48.5 Å². The molecule has 1 unspecified atom stereocenters. The van der Waals surface area contributed by atoms with Crippen molar-refractivity contribution in [3.63, 3.8) is 0 Å². The molecule has 7 heteroatoms. The third-order valence-corrected chi connectivity index (χ3v) is 4.98. The SMILES string of the molecule is O=C(CCc1ccccc1Cl)NC(=S)Nc1ccc(OCC2CCCO2)cc1. The van der Waals surface area contributed by atoms with Gasteiger partial charge in [0.1, 0.15) is 12.4 Å². The minimum Gasteiger partial charge on any atom is -0.491 e. The quantitative estimate of drug-likeness (QED) is 0.655. The van der Waals surface area contributed by atoms with Gasteiger partial charge in [0, 0.05) is 23.7 Å². The first-order valence-corrected chi connectivity index (χ1v) is 10.1. The monoisotopic (exact) mass is 418 g/mol. The molecule has 0 aliphatic carbocycles. The number of rotatable bonds is 7. The zero-order valence-corrected chi connectivity index (χ0v) is 17.0. The molecule has 28 heavy (non-hydrogen) atoms. The van der Waals surface area contributed by atoms with E-state index in [1.54, 1.807) is 0 Å². The number of hydrogen-bond acceptors (Lipinski definition) is 4. The zero-order valence-electron chi connectivity index (χ0n) is 15.4. The molecule has 2 aromatic rings. The lowest BCUT2D eigenvalue weighted by molar-refractivity contribution is -0.119. The molecule has 1 amide bonds. The van der Waals surface area contributed by atoms with E-state index in [2.05, 4.69) is 10.6 Å². The number of nitrogens with one attached hydrogen (secondary N) is 2. The zero-order chi connectivity index (χ0) is 19.8. The van der Waals surface area contributed by atoms with Crippen molar-refractivity contribution in [2.24, 2.45) is 0 Å². The van der Waals surface area contributed by atoms with Crippen LogP contribution in [0.5, 0.6) is 5.75 Å². The molecule has 1 aliphatic rings. The average molecular weight is 419 g/mol. The van der Waals surface area contributed by atoms with Crippen LogP contribution in [0.15, 0.2) is 48.5 Å². The third kappa shape index (κ3) is 6.48. The molecule has 1 heterocycles. The summed E-state index contributed by atoms with van der Waals surface area (Å²) in [5.41, 5.74) is 1.72. The van der Waals surface area contributed by atoms with Gasteiger partial charge in [-0.15, -0.1) is 0 Å². The van der Waals surface area contributed by atoms with Gasteiger partial charge in [-0.2, -0.15) is 0 Å². The van der Waals surface area contributed by atoms with Crippen molar-refractivity contribution in [3.8, 4) is 5.75 Å². The molecule has 0 aromatic heterocycles. The first-order chi connectivity index (χ1) is 13.6. The lowest BCUT2D eigenvalue weighted by Crippen LogP contribution is -2.34. The Labute approximate surface area is 175 Å². The fraction of sp³-hybridized carbons (Fsp3) is 0.333. The molecule has 3 rings (SSSR count). The van der Waals surface area contributed by atoms with E-state index < -0.39 is 0 Å². The van der Waals surface area contributed by atoms with Crippen molar-refractivity contribution in [3.05, 3.63) is 59.1 Å². The summed E-state index contributed by atoms with van der Waals surface area (Å²) < 4.78 is 11.3. The highest BCUT2D eigenvalue weighted by molar-refractivity contribution is 7.80. The van der Waals surface area contributed by atoms with Crippen LogP contribution in [0.3, 0.4) is 0 Å². The number of aryl methyl sites for hydroxylation is 1. The Kier molecular flexibility index (Phi) is 7.65. The Hall–Kier alpha value is -2.15. The van der Waals surface area contributed by atoms with Crippen LogP contribution in [0.25, 0.3) is 0 Å². The van der Waals surface area contributed by atoms with Crippen LogP contribution in [-0.4, -0.2) is 30.3 Å². The van der Waals surface area contributed by atoms with Crippen molar-refractivity contribution < 1.29 is 14.3 Å². The molecule has 148 valence electrons. The molecule has 0 saturated carbocycles. The molecule has 1 atom stereocenters. The Morgan fingerprint density at radius 1 is 1.21 bits per heavy atom. The highest BCUT2D eigenvalue weighted by Gasteiger charge is 2.15. The van der Waals surface area contributed by atoms with Crippen molar-refractivity contribution in [1.82, 2.24) is 5.32 Å². The summed E-state index contributed by atoms with van der Waals surface area (Å²) in [6.45, 7) is 1.38. The molecule has 1 aliphatic heterocycles. The second-order valence-electron chi connectivity index (χ2n) is 6.56. The lowest BCUT2D eigenvalue weighted by atomic mass is 10.1. The molecular formula is C21H23ClN2O3S. The van der Waals surface area contributed by atoms with Gasteiger partial charge in [-0.25, -0.2) is 0 Å². The molecule has 5 nitrogen and oxygen atoms in total. The van der Waals surface area contributed by atoms with Gasteiger partial charge in [0.2, 0.25) is 5.91 Å². The number of ether oxygens (including phenoxy) is 2. The van der Waals surface area contributed by atoms with Crippen molar-refractivity contribution in [2.45, 2.75) is 31.8 Å². The lowest BCUT2D eigenvalue weighted by Gasteiger charge is -2.13. The molecule has 1 saturated heterocycles. The first-order valence-electron chi connectivity index (χ1n) is 9.29. The minimum atomic E-state index is -0.158. The maximum atomic E-state index is 12.1. The second kappa shape index (κ2) is 10.4. The standard InChI is InChI=1S/C21H23ClN2O3S/c22-19-6-2-1-4-15(19)7-12-20(25)24-21(28)23-16-8-10-17(11-9-16)27-14-18-5-3-13-26-18/h1-2,4,6,8-11,18H,3,5,7,12-14H2,(H2,23,24,25,28). The Balaban J connectivity index is 1.40. The van der Waals surface area contributed by atoms with Crippen LogP contribution in [-0.2, 0) is 16.0 Å². The summed E-state index contributed by atoms with van der Waals surface area (Å²) >= 11 is 11.3. The van der Waals surface area contributed by atoms with Crippen LogP contribution in [0, 0.1) is 0 Å². The van der Waals surface area contributed by atoms with E-state index in [1.165, 1.54) is 0 Å². The third-order valence-electron chi connectivity index (χ3n) is 4.40. The van der Waals surface area contributed by atoms with E-state index in [0.717, 1.165) is 36.4 Å². The number of carbonyl (C=O) groups is 1. The van der Waals surface area contributed by atoms with Gasteiger partial charge in [0.15, 0.2) is 5.11 Å². The first kappa shape index (κ1) is 20.6. The van der Waals surface area contributed by atoms with Crippen LogP contribution >= 0.6 is 23.8 Å². The molecule has 2 N–H and O–H groups in total. The average Bonchev–Trinajstić information content (AvgIpc) is 3.20. The van der Waals surface area contributed by atoms with Crippen LogP contribution < -0.4 is 15.4 Å². The number of carbonyl (C=O) groups excluding carboxylic acids is 1. The summed E-state index contributed by atoms with van der Waals surface area (Å²) in [4.78, 5) is 12.1. The largest absolute Gasteiger partial charge is 0.491 e. The number of anilines is 1. The van der Waals surface area contributed by atoms with Crippen LogP contribution in [0.1, 0.15) is 24.8 Å². The summed E-state index contributed by atoms with van der Waals surface area (Å²) in [5.74, 6) is 0.615. The summed E-state index contributed by atoms with van der Waals surface area (Å²) in [5, 5.41) is 6.61. The molecule has 2 aromatic carbocycles. The van der Waals surface area contributed by atoms with Crippen molar-refractivity contribution in [1.29, 1.82) is 0 Å². The number of benzene rings is 2. The summed E-state index contributed by atoms with van der Waals surface area (Å²) in [7, 11) is 0. The smallest absolute Gasteiger partial charge is 0.226 e. The van der Waals surface area contributed by atoms with Gasteiger partial charge in [-0.05, 0) is 67.4 Å². The van der Waals surface area contributed by atoms with E-state index in [0.29, 0.717) is 24.5 Å². The number of hydrogen-bond donors (Lipinski definition) is 2. The van der Waals surface area contributed by atoms with E-state index in [4.69, 9.17) is 33.3 Å². The molecule has 0 radical (unpaired) electrons. The van der Waals surface area contributed by atoms with Crippen molar-refractivity contribution in [2.75, 3.05) is 18.5 Å². The number of halogens is 1. The van der Waals surface area contributed by atoms with Gasteiger partial charge in [-0.3, -0.25) is 4.79 Å². The highest BCUT2D eigenvalue weighted by atomic mass is 35.5. The van der Waals surface area contributed by atoms with Gasteiger partial charge in [0.25, 0.3) is 0 Å². The van der Waals surface area contributed by atoms with Crippen molar-refractivity contribution >= 4 is 40.5 Å². The van der Waals surface area contributed by atoms with Gasteiger partial charge >= 0.3 is 0 Å². The maximum Gasteiger partial charge on any atom is 0.226 e. The number of amides is 1. The highest BCUT2D eigenvalue weighted by Crippen LogP contribution is 2.19. The summed E-state index contributed by atoms with van der Waals surface area (Å²) in [6.07, 6.45) is 3.20. The fourth-order valence-electron chi connectivity index (χ4n) is 2.90. The Morgan fingerprint density at radius 2 is 2.00 bits per heavy atom. The molecular weight excluding hydrogens is 396 g/mol. The van der Waals surface area contributed by atoms with Crippen LogP contribution in [0.4, 0.5) is 5.69 Å². The Morgan fingerprint density at radius 3 is 2.71 bits per heavy atom. The van der Waals surface area contributed by atoms with E-state index >= 15 is 0 Å². The van der Waals surface area contributed by atoms with E-state index in [9.17, 15) is 4.79 Å². The topological polar surface area (TPSA) is 59.6 Å². The maximum absolute atomic E-state index is 12.1. The normalized spacial score (nSPS) is 15.8. The summed E-state index contributed by atoms with van der Waals surface area (Å²) in [6, 6.07) is 14.9. The fourth-order valence-corrected chi connectivity index (χ4v) is 3.36. The van der Waals surface area contributed by atoms with Gasteiger partial charge in [0.05, 0.1) is 6.10 Å². The molecule has 0 spiro atoms. The minimum absolute atomic E-state index is 0.158. The molecule has 0 bridgehead atoms. The Bertz CT molecular complexity index is 808. The predicted molar refractivity (Wildman–Crippen MR) is 115 cm³/mol. The van der Waals surface area contributed by atoms with Crippen LogP contribution in [0.2, 0.25) is 5.02 Å². The van der Waals surface area contributed by atoms with E-state index in [-0.39, 0.29) is 17.1 Å². The van der Waals surface area contributed by atoms with Gasteiger partial charge in [-0.1, -0.05) is 29.8 Å². The second-order valence-corrected chi connectivity index (χ2v) is 7.38.